The third kappa shape index (κ3) is 3.04. The standard InChI is InChI=1S/C12H15NO4/c1-9(14)13-17-12(2,11(15)16-3)10-7-5-4-6-8-10/h4-8H,1-3H3,(H,13,14). The second kappa shape index (κ2) is 5.45. The minimum absolute atomic E-state index is 0.393. The fourth-order valence-corrected chi connectivity index (χ4v) is 1.34. The average molecular weight is 237 g/mol. The number of methoxy groups -OCH3 is 1. The molecule has 1 rings (SSSR count). The topological polar surface area (TPSA) is 64.6 Å². The van der Waals surface area contributed by atoms with Gasteiger partial charge in [-0.15, -0.1) is 0 Å². The van der Waals surface area contributed by atoms with Crippen molar-refractivity contribution in [3.8, 4) is 0 Å². The van der Waals surface area contributed by atoms with Gasteiger partial charge in [-0.1, -0.05) is 30.3 Å². The van der Waals surface area contributed by atoms with Gasteiger partial charge in [0.15, 0.2) is 0 Å². The monoisotopic (exact) mass is 237 g/mol. The molecule has 17 heavy (non-hydrogen) atoms. The van der Waals surface area contributed by atoms with Crippen molar-refractivity contribution in [3.63, 3.8) is 0 Å². The highest BCUT2D eigenvalue weighted by Gasteiger charge is 2.38. The lowest BCUT2D eigenvalue weighted by atomic mass is 9.96. The number of carbonyl (C=O) groups excluding carboxylic acids is 2. The Balaban J connectivity index is 3.02. The second-order valence-corrected chi connectivity index (χ2v) is 3.65. The summed E-state index contributed by atoms with van der Waals surface area (Å²) in [5, 5.41) is 0. The molecule has 0 aromatic heterocycles. The van der Waals surface area contributed by atoms with E-state index in [9.17, 15) is 9.59 Å². The van der Waals surface area contributed by atoms with E-state index in [1.54, 1.807) is 24.3 Å². The molecule has 0 aliphatic heterocycles. The van der Waals surface area contributed by atoms with E-state index in [0.717, 1.165) is 0 Å². The quantitative estimate of drug-likeness (QED) is 0.630. The molecule has 0 radical (unpaired) electrons. The van der Waals surface area contributed by atoms with Crippen LogP contribution in [0, 0.1) is 0 Å². The van der Waals surface area contributed by atoms with Crippen molar-refractivity contribution in [2.75, 3.05) is 7.11 Å². The van der Waals surface area contributed by atoms with Gasteiger partial charge in [0.25, 0.3) is 0 Å². The van der Waals surface area contributed by atoms with E-state index in [4.69, 9.17) is 4.84 Å². The lowest BCUT2D eigenvalue weighted by molar-refractivity contribution is -0.182. The Labute approximate surface area is 99.7 Å². The molecule has 0 heterocycles. The van der Waals surface area contributed by atoms with Crippen LogP contribution in [0.1, 0.15) is 19.4 Å². The summed E-state index contributed by atoms with van der Waals surface area (Å²) in [6, 6.07) is 8.80. The predicted molar refractivity (Wildman–Crippen MR) is 60.7 cm³/mol. The first kappa shape index (κ1) is 13.2. The number of amides is 1. The number of hydrogen-bond acceptors (Lipinski definition) is 4. The molecule has 1 aromatic carbocycles. The Kier molecular flexibility index (Phi) is 4.23. The third-order valence-electron chi connectivity index (χ3n) is 2.30. The van der Waals surface area contributed by atoms with Gasteiger partial charge in [0.2, 0.25) is 11.5 Å². The highest BCUT2D eigenvalue weighted by molar-refractivity contribution is 5.81. The minimum atomic E-state index is -1.36. The average Bonchev–Trinajstić information content (AvgIpc) is 2.36. The minimum Gasteiger partial charge on any atom is -0.467 e. The summed E-state index contributed by atoms with van der Waals surface area (Å²) < 4.78 is 4.69. The second-order valence-electron chi connectivity index (χ2n) is 3.65. The van der Waals surface area contributed by atoms with Crippen LogP contribution in [0.2, 0.25) is 0 Å². The summed E-state index contributed by atoms with van der Waals surface area (Å²) >= 11 is 0. The molecule has 0 fully saturated rings. The van der Waals surface area contributed by atoms with Crippen molar-refractivity contribution < 1.29 is 19.2 Å². The van der Waals surface area contributed by atoms with Gasteiger partial charge in [0.1, 0.15) is 0 Å². The van der Waals surface area contributed by atoms with Crippen molar-refractivity contribution in [2.24, 2.45) is 0 Å². The van der Waals surface area contributed by atoms with Gasteiger partial charge in [0, 0.05) is 6.92 Å². The molecule has 0 aliphatic rings. The van der Waals surface area contributed by atoms with Crippen LogP contribution in [0.3, 0.4) is 0 Å². The van der Waals surface area contributed by atoms with Gasteiger partial charge >= 0.3 is 5.97 Å². The van der Waals surface area contributed by atoms with Gasteiger partial charge in [-0.05, 0) is 12.5 Å². The van der Waals surface area contributed by atoms with Crippen molar-refractivity contribution in [1.82, 2.24) is 5.48 Å². The molecule has 1 N–H and O–H groups in total. The lowest BCUT2D eigenvalue weighted by Gasteiger charge is -2.26. The Morgan fingerprint density at radius 3 is 2.29 bits per heavy atom. The Bertz CT molecular complexity index is 404. The van der Waals surface area contributed by atoms with Crippen LogP contribution in [0.25, 0.3) is 0 Å². The normalized spacial score (nSPS) is 13.6. The molecule has 1 atom stereocenters. The van der Waals surface area contributed by atoms with Crippen LogP contribution in [0.5, 0.6) is 0 Å². The molecule has 0 spiro atoms. The molecule has 0 bridgehead atoms. The van der Waals surface area contributed by atoms with Crippen LogP contribution in [-0.2, 0) is 24.8 Å². The Hall–Kier alpha value is -1.88. The van der Waals surface area contributed by atoms with E-state index in [0.29, 0.717) is 5.56 Å². The smallest absolute Gasteiger partial charge is 0.345 e. The highest BCUT2D eigenvalue weighted by Crippen LogP contribution is 2.25. The van der Waals surface area contributed by atoms with E-state index in [1.165, 1.54) is 21.0 Å². The van der Waals surface area contributed by atoms with Crippen molar-refractivity contribution >= 4 is 11.9 Å². The first-order valence-electron chi connectivity index (χ1n) is 5.09. The van der Waals surface area contributed by atoms with Gasteiger partial charge in [0.05, 0.1) is 7.11 Å². The molecule has 0 saturated heterocycles. The predicted octanol–water partition coefficient (Wildman–Crippen LogP) is 1.14. The van der Waals surface area contributed by atoms with Crippen LogP contribution in [0.15, 0.2) is 30.3 Å². The Morgan fingerprint density at radius 1 is 1.24 bits per heavy atom. The number of hydrogen-bond donors (Lipinski definition) is 1. The van der Waals surface area contributed by atoms with E-state index >= 15 is 0 Å². The molecule has 0 saturated carbocycles. The van der Waals surface area contributed by atoms with Gasteiger partial charge in [-0.25, -0.2) is 10.3 Å². The van der Waals surface area contributed by atoms with Crippen LogP contribution in [-0.4, -0.2) is 19.0 Å². The molecule has 0 aliphatic carbocycles. The van der Waals surface area contributed by atoms with Crippen molar-refractivity contribution in [1.29, 1.82) is 0 Å². The maximum absolute atomic E-state index is 11.7. The highest BCUT2D eigenvalue weighted by atomic mass is 16.7. The van der Waals surface area contributed by atoms with Crippen LogP contribution in [0.4, 0.5) is 0 Å². The number of benzene rings is 1. The molecule has 1 amide bonds. The molecule has 5 nitrogen and oxygen atoms in total. The van der Waals surface area contributed by atoms with E-state index in [1.807, 2.05) is 6.07 Å². The Morgan fingerprint density at radius 2 is 1.82 bits per heavy atom. The van der Waals surface area contributed by atoms with Crippen molar-refractivity contribution in [2.45, 2.75) is 19.4 Å². The van der Waals surface area contributed by atoms with Crippen LogP contribution < -0.4 is 5.48 Å². The van der Waals surface area contributed by atoms with Gasteiger partial charge in [-0.3, -0.25) is 9.63 Å². The molecule has 5 heteroatoms. The lowest BCUT2D eigenvalue weighted by Crippen LogP contribution is -2.42. The van der Waals surface area contributed by atoms with Crippen LogP contribution >= 0.6 is 0 Å². The zero-order valence-corrected chi connectivity index (χ0v) is 10.0. The third-order valence-corrected chi connectivity index (χ3v) is 2.30. The number of carbonyl (C=O) groups is 2. The number of esters is 1. The molecule has 1 aromatic rings. The van der Waals surface area contributed by atoms with E-state index in [-0.39, 0.29) is 0 Å². The summed E-state index contributed by atoms with van der Waals surface area (Å²) in [7, 11) is 1.26. The largest absolute Gasteiger partial charge is 0.467 e. The SMILES string of the molecule is COC(=O)C(C)(ONC(C)=O)c1ccccc1. The maximum atomic E-state index is 11.7. The number of ether oxygens (including phenoxy) is 1. The molecular formula is C12H15NO4. The summed E-state index contributed by atoms with van der Waals surface area (Å²) in [6.07, 6.45) is 0. The van der Waals surface area contributed by atoms with E-state index in [2.05, 4.69) is 10.2 Å². The summed E-state index contributed by atoms with van der Waals surface area (Å²) in [6.45, 7) is 2.83. The fourth-order valence-electron chi connectivity index (χ4n) is 1.34. The number of hydroxylamine groups is 1. The maximum Gasteiger partial charge on any atom is 0.345 e. The summed E-state index contributed by atoms with van der Waals surface area (Å²) in [4.78, 5) is 27.7. The molecule has 1 unspecified atom stereocenters. The summed E-state index contributed by atoms with van der Waals surface area (Å²) in [5.74, 6) is -0.978. The van der Waals surface area contributed by atoms with Gasteiger partial charge < -0.3 is 4.74 Å². The first-order chi connectivity index (χ1) is 8.00. The van der Waals surface area contributed by atoms with Gasteiger partial charge in [-0.2, -0.15) is 0 Å². The number of nitrogens with one attached hydrogen (secondary N) is 1. The molecule has 92 valence electrons. The number of rotatable bonds is 4. The fraction of sp³-hybridized carbons (Fsp3) is 0.333. The van der Waals surface area contributed by atoms with E-state index < -0.39 is 17.5 Å². The molecular weight excluding hydrogens is 222 g/mol. The zero-order valence-electron chi connectivity index (χ0n) is 10.0. The zero-order chi connectivity index (χ0) is 12.9. The summed E-state index contributed by atoms with van der Waals surface area (Å²) in [5.41, 5.74) is 1.40. The van der Waals surface area contributed by atoms with Crippen molar-refractivity contribution in [3.05, 3.63) is 35.9 Å². The first-order valence-corrected chi connectivity index (χ1v) is 5.09.